The van der Waals surface area contributed by atoms with E-state index in [0.717, 1.165) is 22.8 Å². The number of carbonyl (C=O) groups excluding carboxylic acids is 2. The summed E-state index contributed by atoms with van der Waals surface area (Å²) < 4.78 is 11.1. The fourth-order valence-corrected chi connectivity index (χ4v) is 4.41. The molecule has 2 aromatic rings. The van der Waals surface area contributed by atoms with Gasteiger partial charge in [-0.2, -0.15) is 0 Å². The Labute approximate surface area is 184 Å². The second kappa shape index (κ2) is 11.7. The van der Waals surface area contributed by atoms with Crippen molar-refractivity contribution >= 4 is 32.1 Å². The molecule has 4 unspecified atom stereocenters. The number of aldehydes is 1. The third-order valence-electron chi connectivity index (χ3n) is 5.26. The number of hydrogen-bond donors (Lipinski definition) is 4. The average molecular weight is 449 g/mol. The number of nitrogens with one attached hydrogen (secondary N) is 3. The van der Waals surface area contributed by atoms with E-state index in [0.29, 0.717) is 25.7 Å². The number of aromatic nitrogens is 1. The molecular weight excluding hydrogens is 417 g/mol. The standard InChI is InChI=1S/C22H32N3O5P/c1-14(2)9-20(25-31-30-21-8-7-17(27)13-29-21)22(28)24-16(12-26)10-15-11-23-19-6-4-3-5-18(15)19/h3-6,11-12,14,16-17,20-21,23,25,27,31H,7-10,13H2,1-2H3,(H,24,28)/t16?,17-,20?,21?/m1/s1. The van der Waals surface area contributed by atoms with Gasteiger partial charge in [0.25, 0.3) is 0 Å². The number of hydrogen-bond acceptors (Lipinski definition) is 6. The molecule has 1 aromatic heterocycles. The van der Waals surface area contributed by atoms with Crippen LogP contribution in [0.25, 0.3) is 10.9 Å². The first kappa shape index (κ1) is 23.8. The molecule has 0 spiro atoms. The maximum Gasteiger partial charge on any atom is 0.238 e. The molecule has 2 heterocycles. The zero-order valence-electron chi connectivity index (χ0n) is 18.0. The summed E-state index contributed by atoms with van der Waals surface area (Å²) in [6.07, 6.45) is 4.15. The fraction of sp³-hybridized carbons (Fsp3) is 0.545. The minimum atomic E-state index is -0.615. The Kier molecular flexibility index (Phi) is 8.99. The van der Waals surface area contributed by atoms with E-state index >= 15 is 0 Å². The first-order valence-electron chi connectivity index (χ1n) is 10.7. The number of para-hydroxylation sites is 1. The van der Waals surface area contributed by atoms with Crippen molar-refractivity contribution in [3.05, 3.63) is 36.0 Å². The van der Waals surface area contributed by atoms with Crippen LogP contribution in [0.5, 0.6) is 0 Å². The van der Waals surface area contributed by atoms with Gasteiger partial charge in [0.1, 0.15) is 6.29 Å². The maximum absolute atomic E-state index is 12.9. The molecule has 4 N–H and O–H groups in total. The number of ether oxygens (including phenoxy) is 1. The van der Waals surface area contributed by atoms with Crippen LogP contribution in [0.1, 0.15) is 38.7 Å². The van der Waals surface area contributed by atoms with Gasteiger partial charge in [-0.05, 0) is 30.4 Å². The molecule has 1 amide bonds. The minimum absolute atomic E-state index is 0.120. The molecular formula is C22H32N3O5P. The van der Waals surface area contributed by atoms with Gasteiger partial charge < -0.3 is 29.5 Å². The Balaban J connectivity index is 1.54. The van der Waals surface area contributed by atoms with Crippen molar-refractivity contribution < 1.29 is 24.0 Å². The van der Waals surface area contributed by atoms with Crippen LogP contribution in [0, 0.1) is 5.92 Å². The maximum atomic E-state index is 12.9. The quantitative estimate of drug-likeness (QED) is 0.310. The second-order valence-corrected chi connectivity index (χ2v) is 9.08. The normalized spacial score (nSPS) is 21.5. The lowest BCUT2D eigenvalue weighted by molar-refractivity contribution is -0.137. The Hall–Kier alpha value is -1.83. The summed E-state index contributed by atoms with van der Waals surface area (Å²) in [6, 6.07) is 6.79. The van der Waals surface area contributed by atoms with Crippen molar-refractivity contribution in [3.8, 4) is 0 Å². The van der Waals surface area contributed by atoms with Gasteiger partial charge in [0.05, 0.1) is 33.8 Å². The lowest BCUT2D eigenvalue weighted by Gasteiger charge is -2.27. The predicted octanol–water partition coefficient (Wildman–Crippen LogP) is 2.42. The van der Waals surface area contributed by atoms with Gasteiger partial charge in [-0.15, -0.1) is 0 Å². The Morgan fingerprint density at radius 3 is 2.90 bits per heavy atom. The summed E-state index contributed by atoms with van der Waals surface area (Å²) in [5, 5.41) is 16.6. The molecule has 31 heavy (non-hydrogen) atoms. The van der Waals surface area contributed by atoms with Crippen LogP contribution in [-0.2, 0) is 25.3 Å². The van der Waals surface area contributed by atoms with Crippen LogP contribution < -0.4 is 10.4 Å². The second-order valence-electron chi connectivity index (χ2n) is 8.36. The zero-order valence-corrected chi connectivity index (χ0v) is 19.0. The van der Waals surface area contributed by atoms with Crippen LogP contribution in [0.2, 0.25) is 0 Å². The van der Waals surface area contributed by atoms with E-state index in [-0.39, 0.29) is 33.7 Å². The Morgan fingerprint density at radius 1 is 1.39 bits per heavy atom. The number of rotatable bonds is 11. The minimum Gasteiger partial charge on any atom is -0.391 e. The van der Waals surface area contributed by atoms with Gasteiger partial charge in [-0.3, -0.25) is 9.88 Å². The number of aliphatic hydroxyl groups is 1. The third kappa shape index (κ3) is 7.09. The Morgan fingerprint density at radius 2 is 2.19 bits per heavy atom. The molecule has 0 aliphatic carbocycles. The summed E-state index contributed by atoms with van der Waals surface area (Å²) in [5.41, 5.74) is 1.99. The van der Waals surface area contributed by atoms with Crippen LogP contribution in [0.4, 0.5) is 0 Å². The van der Waals surface area contributed by atoms with Crippen LogP contribution >= 0.6 is 8.96 Å². The van der Waals surface area contributed by atoms with Crippen LogP contribution in [0.15, 0.2) is 30.5 Å². The lowest BCUT2D eigenvalue weighted by Crippen LogP contribution is -2.47. The molecule has 1 aromatic carbocycles. The molecule has 0 saturated carbocycles. The number of carbonyl (C=O) groups is 2. The monoisotopic (exact) mass is 449 g/mol. The number of amides is 1. The first-order valence-corrected chi connectivity index (χ1v) is 11.6. The summed E-state index contributed by atoms with van der Waals surface area (Å²) in [6.45, 7) is 4.35. The molecule has 0 bridgehead atoms. The molecule has 3 rings (SSSR count). The van der Waals surface area contributed by atoms with E-state index in [9.17, 15) is 14.7 Å². The van der Waals surface area contributed by atoms with Crippen molar-refractivity contribution in [2.45, 2.75) is 64.0 Å². The van der Waals surface area contributed by atoms with E-state index in [1.54, 1.807) is 0 Å². The highest BCUT2D eigenvalue weighted by atomic mass is 31.1. The van der Waals surface area contributed by atoms with Gasteiger partial charge in [0.2, 0.25) is 5.91 Å². The molecule has 0 radical (unpaired) electrons. The number of fused-ring (bicyclic) bond motifs is 1. The summed E-state index contributed by atoms with van der Waals surface area (Å²) in [7, 11) is -0.120. The van der Waals surface area contributed by atoms with E-state index in [1.165, 1.54) is 0 Å². The van der Waals surface area contributed by atoms with Crippen molar-refractivity contribution in [2.75, 3.05) is 6.61 Å². The third-order valence-corrected chi connectivity index (χ3v) is 6.11. The summed E-state index contributed by atoms with van der Waals surface area (Å²) >= 11 is 0. The van der Waals surface area contributed by atoms with E-state index in [1.807, 2.05) is 44.3 Å². The molecule has 1 fully saturated rings. The number of benzene rings is 1. The van der Waals surface area contributed by atoms with E-state index < -0.39 is 18.2 Å². The van der Waals surface area contributed by atoms with Gasteiger partial charge in [-0.1, -0.05) is 32.0 Å². The molecule has 5 atom stereocenters. The van der Waals surface area contributed by atoms with Crippen molar-refractivity contribution in [1.29, 1.82) is 0 Å². The Bertz CT molecular complexity index is 851. The SMILES string of the molecule is CC(C)CC(NPOC1CC[C@@H](O)CO1)C(=O)NC(C=O)Cc1c[nH]c2ccccc12. The smallest absolute Gasteiger partial charge is 0.238 e. The fourth-order valence-electron chi connectivity index (χ4n) is 3.63. The van der Waals surface area contributed by atoms with Gasteiger partial charge >= 0.3 is 0 Å². The number of aromatic amines is 1. The highest BCUT2D eigenvalue weighted by molar-refractivity contribution is 7.29. The van der Waals surface area contributed by atoms with Crippen LogP contribution in [0.3, 0.4) is 0 Å². The molecule has 8 nitrogen and oxygen atoms in total. The van der Waals surface area contributed by atoms with Crippen LogP contribution in [-0.4, -0.2) is 53.4 Å². The van der Waals surface area contributed by atoms with Gasteiger partial charge in [-0.25, -0.2) is 0 Å². The van der Waals surface area contributed by atoms with Crippen molar-refractivity contribution in [3.63, 3.8) is 0 Å². The van der Waals surface area contributed by atoms with E-state index in [2.05, 4.69) is 15.4 Å². The molecule has 170 valence electrons. The number of H-pyrrole nitrogens is 1. The van der Waals surface area contributed by atoms with Crippen molar-refractivity contribution in [2.24, 2.45) is 5.92 Å². The molecule has 1 saturated heterocycles. The first-order chi connectivity index (χ1) is 15.0. The largest absolute Gasteiger partial charge is 0.391 e. The highest BCUT2D eigenvalue weighted by Gasteiger charge is 2.25. The van der Waals surface area contributed by atoms with Gasteiger partial charge in [0, 0.05) is 29.9 Å². The summed E-state index contributed by atoms with van der Waals surface area (Å²) in [4.78, 5) is 27.8. The van der Waals surface area contributed by atoms with Gasteiger partial charge in [0.15, 0.2) is 6.29 Å². The molecule has 1 aliphatic rings. The summed E-state index contributed by atoms with van der Waals surface area (Å²) in [5.74, 6) is 0.0687. The zero-order chi connectivity index (χ0) is 22.2. The van der Waals surface area contributed by atoms with Crippen molar-refractivity contribution in [1.82, 2.24) is 15.4 Å². The lowest BCUT2D eigenvalue weighted by atomic mass is 10.0. The van der Waals surface area contributed by atoms with E-state index in [4.69, 9.17) is 9.26 Å². The topological polar surface area (TPSA) is 113 Å². The molecule has 9 heteroatoms. The highest BCUT2D eigenvalue weighted by Crippen LogP contribution is 2.23. The molecule has 1 aliphatic heterocycles. The average Bonchev–Trinajstić information content (AvgIpc) is 3.16. The number of aliphatic hydroxyl groups excluding tert-OH is 1. The predicted molar refractivity (Wildman–Crippen MR) is 121 cm³/mol.